The standard InChI is InChI=1S/C19H19ClN4O/c1-13(15-7-4-3-5-8-15)12-21-19(25)18-14(2)22-24(23-18)17-10-6-9-16(20)11-17/h3-11,13H,12H2,1-2H3,(H,21,25)/t13-/m1/s1. The molecular formula is C19H19ClN4O. The summed E-state index contributed by atoms with van der Waals surface area (Å²) in [6.45, 7) is 4.38. The van der Waals surface area contributed by atoms with Gasteiger partial charge in [-0.2, -0.15) is 9.90 Å². The fraction of sp³-hybridized carbons (Fsp3) is 0.211. The van der Waals surface area contributed by atoms with Crippen molar-refractivity contribution in [3.05, 3.63) is 76.6 Å². The van der Waals surface area contributed by atoms with Crippen LogP contribution in [-0.4, -0.2) is 27.4 Å². The summed E-state index contributed by atoms with van der Waals surface area (Å²) in [6, 6.07) is 17.3. The van der Waals surface area contributed by atoms with Gasteiger partial charge in [0.2, 0.25) is 0 Å². The van der Waals surface area contributed by atoms with E-state index in [0.29, 0.717) is 28.6 Å². The Labute approximate surface area is 151 Å². The van der Waals surface area contributed by atoms with Gasteiger partial charge in [0.25, 0.3) is 5.91 Å². The van der Waals surface area contributed by atoms with E-state index < -0.39 is 0 Å². The van der Waals surface area contributed by atoms with Crippen molar-refractivity contribution in [1.29, 1.82) is 0 Å². The number of aromatic nitrogens is 3. The Balaban J connectivity index is 1.70. The highest BCUT2D eigenvalue weighted by Gasteiger charge is 2.17. The van der Waals surface area contributed by atoms with Crippen molar-refractivity contribution < 1.29 is 4.79 Å². The van der Waals surface area contributed by atoms with Gasteiger partial charge < -0.3 is 5.32 Å². The molecule has 25 heavy (non-hydrogen) atoms. The largest absolute Gasteiger partial charge is 0.350 e. The molecular weight excluding hydrogens is 336 g/mol. The summed E-state index contributed by atoms with van der Waals surface area (Å²) in [7, 11) is 0. The average molecular weight is 355 g/mol. The minimum atomic E-state index is -0.228. The number of carbonyl (C=O) groups is 1. The van der Waals surface area contributed by atoms with Crippen molar-refractivity contribution in [2.45, 2.75) is 19.8 Å². The van der Waals surface area contributed by atoms with Gasteiger partial charge in [0.15, 0.2) is 5.69 Å². The van der Waals surface area contributed by atoms with E-state index in [4.69, 9.17) is 11.6 Å². The Hall–Kier alpha value is -2.66. The maximum Gasteiger partial charge on any atom is 0.273 e. The van der Waals surface area contributed by atoms with Gasteiger partial charge in [-0.25, -0.2) is 0 Å². The highest BCUT2D eigenvalue weighted by molar-refractivity contribution is 6.30. The second-order valence-corrected chi connectivity index (χ2v) is 6.36. The van der Waals surface area contributed by atoms with E-state index in [9.17, 15) is 4.79 Å². The Morgan fingerprint density at radius 2 is 1.92 bits per heavy atom. The first kappa shape index (κ1) is 17.2. The zero-order valence-electron chi connectivity index (χ0n) is 14.1. The predicted molar refractivity (Wildman–Crippen MR) is 98.3 cm³/mol. The number of carbonyl (C=O) groups excluding carboxylic acids is 1. The van der Waals surface area contributed by atoms with Crippen molar-refractivity contribution in [1.82, 2.24) is 20.3 Å². The molecule has 0 saturated heterocycles. The summed E-state index contributed by atoms with van der Waals surface area (Å²) in [5, 5.41) is 12.1. The second-order valence-electron chi connectivity index (χ2n) is 5.93. The molecule has 128 valence electrons. The van der Waals surface area contributed by atoms with Crippen LogP contribution in [0.15, 0.2) is 54.6 Å². The number of benzene rings is 2. The molecule has 0 bridgehead atoms. The van der Waals surface area contributed by atoms with Gasteiger partial charge in [0.05, 0.1) is 11.4 Å². The highest BCUT2D eigenvalue weighted by Crippen LogP contribution is 2.15. The molecule has 0 aliphatic carbocycles. The van der Waals surface area contributed by atoms with Crippen molar-refractivity contribution in [3.8, 4) is 5.69 Å². The first-order chi connectivity index (χ1) is 12.0. The van der Waals surface area contributed by atoms with E-state index in [-0.39, 0.29) is 11.8 Å². The lowest BCUT2D eigenvalue weighted by atomic mass is 10.0. The van der Waals surface area contributed by atoms with Crippen molar-refractivity contribution in [2.75, 3.05) is 6.54 Å². The third-order valence-corrected chi connectivity index (χ3v) is 4.21. The van der Waals surface area contributed by atoms with E-state index in [2.05, 4.69) is 34.6 Å². The van der Waals surface area contributed by atoms with Crippen LogP contribution in [0.1, 0.15) is 34.6 Å². The Morgan fingerprint density at radius 1 is 1.16 bits per heavy atom. The molecule has 3 rings (SSSR count). The van der Waals surface area contributed by atoms with E-state index >= 15 is 0 Å². The zero-order valence-corrected chi connectivity index (χ0v) is 14.9. The maximum absolute atomic E-state index is 12.5. The monoisotopic (exact) mass is 354 g/mol. The molecule has 0 spiro atoms. The molecule has 2 aromatic carbocycles. The second kappa shape index (κ2) is 7.49. The van der Waals surface area contributed by atoms with Gasteiger partial charge in [0, 0.05) is 11.6 Å². The van der Waals surface area contributed by atoms with Gasteiger partial charge >= 0.3 is 0 Å². The predicted octanol–water partition coefficient (Wildman–Crippen LogP) is 3.76. The van der Waals surface area contributed by atoms with Crippen LogP contribution in [0.5, 0.6) is 0 Å². The Bertz CT molecular complexity index is 876. The molecule has 0 radical (unpaired) electrons. The Kier molecular flexibility index (Phi) is 5.14. The van der Waals surface area contributed by atoms with Crippen molar-refractivity contribution in [3.63, 3.8) is 0 Å². The summed E-state index contributed by atoms with van der Waals surface area (Å²) < 4.78 is 0. The highest BCUT2D eigenvalue weighted by atomic mass is 35.5. The number of aryl methyl sites for hydroxylation is 1. The SMILES string of the molecule is Cc1nn(-c2cccc(Cl)c2)nc1C(=O)NC[C@@H](C)c1ccccc1. The Morgan fingerprint density at radius 3 is 2.64 bits per heavy atom. The summed E-state index contributed by atoms with van der Waals surface area (Å²) in [6.07, 6.45) is 0. The van der Waals surface area contributed by atoms with Crippen LogP contribution in [0.3, 0.4) is 0 Å². The maximum atomic E-state index is 12.5. The van der Waals surface area contributed by atoms with Gasteiger partial charge in [0.1, 0.15) is 0 Å². The molecule has 6 heteroatoms. The third-order valence-electron chi connectivity index (χ3n) is 3.97. The van der Waals surface area contributed by atoms with Crippen LogP contribution in [0.25, 0.3) is 5.69 Å². The summed E-state index contributed by atoms with van der Waals surface area (Å²) in [4.78, 5) is 13.9. The number of nitrogens with zero attached hydrogens (tertiary/aromatic N) is 3. The first-order valence-corrected chi connectivity index (χ1v) is 8.45. The van der Waals surface area contributed by atoms with Crippen LogP contribution in [0.2, 0.25) is 5.02 Å². The molecule has 0 unspecified atom stereocenters. The number of amides is 1. The molecule has 1 amide bonds. The molecule has 1 atom stereocenters. The van der Waals surface area contributed by atoms with Crippen LogP contribution in [0, 0.1) is 6.92 Å². The molecule has 0 fully saturated rings. The van der Waals surface area contributed by atoms with Crippen molar-refractivity contribution >= 4 is 17.5 Å². The lowest BCUT2D eigenvalue weighted by Crippen LogP contribution is -2.28. The number of hydrogen-bond acceptors (Lipinski definition) is 3. The first-order valence-electron chi connectivity index (χ1n) is 8.07. The quantitative estimate of drug-likeness (QED) is 0.758. The van der Waals surface area contributed by atoms with Gasteiger partial charge in [-0.3, -0.25) is 4.79 Å². The average Bonchev–Trinajstić information content (AvgIpc) is 3.02. The van der Waals surface area contributed by atoms with E-state index in [0.717, 1.165) is 0 Å². The van der Waals surface area contributed by atoms with E-state index in [1.807, 2.05) is 30.3 Å². The van der Waals surface area contributed by atoms with Crippen LogP contribution in [-0.2, 0) is 0 Å². The van der Waals surface area contributed by atoms with Gasteiger partial charge in [-0.1, -0.05) is 54.9 Å². The molecule has 0 aliphatic rings. The smallest absolute Gasteiger partial charge is 0.273 e. The molecule has 0 aliphatic heterocycles. The summed E-state index contributed by atoms with van der Waals surface area (Å²) in [5.41, 5.74) is 2.79. The molecule has 0 saturated carbocycles. The lowest BCUT2D eigenvalue weighted by molar-refractivity contribution is 0.0945. The summed E-state index contributed by atoms with van der Waals surface area (Å²) in [5.74, 6) is -0.0120. The van der Waals surface area contributed by atoms with Crippen LogP contribution < -0.4 is 5.32 Å². The number of hydrogen-bond donors (Lipinski definition) is 1. The molecule has 5 nitrogen and oxygen atoms in total. The number of halogens is 1. The van der Waals surface area contributed by atoms with Crippen LogP contribution >= 0.6 is 11.6 Å². The number of nitrogens with one attached hydrogen (secondary N) is 1. The van der Waals surface area contributed by atoms with E-state index in [1.54, 1.807) is 19.1 Å². The fourth-order valence-electron chi connectivity index (χ4n) is 2.53. The number of rotatable bonds is 5. The lowest BCUT2D eigenvalue weighted by Gasteiger charge is -2.12. The molecule has 1 heterocycles. The van der Waals surface area contributed by atoms with Crippen LogP contribution in [0.4, 0.5) is 0 Å². The zero-order chi connectivity index (χ0) is 17.8. The minimum absolute atomic E-state index is 0.216. The van der Waals surface area contributed by atoms with Crippen molar-refractivity contribution in [2.24, 2.45) is 0 Å². The summed E-state index contributed by atoms with van der Waals surface area (Å²) >= 11 is 6.00. The third kappa shape index (κ3) is 4.06. The topological polar surface area (TPSA) is 59.8 Å². The normalized spacial score (nSPS) is 12.0. The van der Waals surface area contributed by atoms with E-state index in [1.165, 1.54) is 10.4 Å². The molecule has 1 N–H and O–H groups in total. The minimum Gasteiger partial charge on any atom is -0.350 e. The molecule has 3 aromatic rings. The fourth-order valence-corrected chi connectivity index (χ4v) is 2.72. The molecule has 1 aromatic heterocycles. The van der Waals surface area contributed by atoms with Gasteiger partial charge in [-0.05, 0) is 36.6 Å². The van der Waals surface area contributed by atoms with Gasteiger partial charge in [-0.15, -0.1) is 5.10 Å².